The van der Waals surface area contributed by atoms with E-state index in [1.54, 1.807) is 73.2 Å². The number of fused-ring (bicyclic) bond motifs is 7. The molecule has 8 N–H and O–H groups in total. The molecule has 2 bridgehead atoms. The van der Waals surface area contributed by atoms with Crippen LogP contribution in [0, 0.1) is 0 Å². The predicted octanol–water partition coefficient (Wildman–Crippen LogP) is -0.927. The molecule has 2 fully saturated rings. The van der Waals surface area contributed by atoms with Crippen LogP contribution in [0.25, 0.3) is 21.8 Å². The van der Waals surface area contributed by atoms with E-state index in [1.807, 2.05) is 0 Å². The second-order valence-corrected chi connectivity index (χ2v) is 19.7. The smallest absolute Gasteiger partial charge is 0.329 e. The maximum absolute atomic E-state index is 13.9. The summed E-state index contributed by atoms with van der Waals surface area (Å²) in [6.45, 7) is -2.99. The number of ether oxygens (including phenoxy) is 2. The summed E-state index contributed by atoms with van der Waals surface area (Å²) in [7, 11) is 2.02. The van der Waals surface area contributed by atoms with Crippen LogP contribution in [0.4, 0.5) is 0 Å². The van der Waals surface area contributed by atoms with Crippen molar-refractivity contribution in [1.82, 2.24) is 52.5 Å². The molecule has 370 valence electrons. The molecule has 2 aliphatic heterocycles. The lowest BCUT2D eigenvalue weighted by molar-refractivity contribution is -0.149. The third kappa shape index (κ3) is 14.9. The third-order valence-corrected chi connectivity index (χ3v) is 14.0. The zero-order chi connectivity index (χ0) is 50.2. The Morgan fingerprint density at radius 3 is 1.37 bits per heavy atom. The SMILES string of the molecule is CSC[C@H]1NC(=O)[C@H]2CSSC[C@@H](NC(=O)CNC(=O)[C@@H](NC(=O)c3ccc4ccccc4n3)COC1=O)C(=O)N[C@H](CSC)C(=O)OC[C@H](NC(=O)c1ccc3ccccc3n1)C(=O)NCC(=O)N2. The van der Waals surface area contributed by atoms with Gasteiger partial charge in [0.05, 0.1) is 24.1 Å². The number of nitrogens with one attached hydrogen (secondary N) is 8. The largest absolute Gasteiger partial charge is 0.461 e. The van der Waals surface area contributed by atoms with Gasteiger partial charge in [-0.05, 0) is 36.8 Å². The standard InChI is InChI=1S/C44H48N10O12S4/c1-67-19-33-43(63)65-17-29(51-39(59)27-13-11-23-7-3-5-9-25(23)47-27)37(57)45-16-36(56)50-32-22-70-69-21-31(41(61)53-33)49-35(55)15-46-38(58)30(18-66-44(64)34(20-68-2)54-42(32)62)52-40(60)28-14-12-24-8-4-6-10-26(24)48-28/h3-14,29-34H,15-22H2,1-2H3,(H,45,57)(H,46,58)(H,49,55)(H,50,56)(H,51,59)(H,52,60)(H,53,61)(H,54,62)/t29-,30-,31+,32+,33+,34+/m0/s1. The van der Waals surface area contributed by atoms with Crippen molar-refractivity contribution in [1.29, 1.82) is 0 Å². The summed E-state index contributed by atoms with van der Waals surface area (Å²) < 4.78 is 11.0. The highest BCUT2D eigenvalue weighted by Crippen LogP contribution is 2.24. The van der Waals surface area contributed by atoms with Crippen LogP contribution in [0.5, 0.6) is 0 Å². The summed E-state index contributed by atoms with van der Waals surface area (Å²) in [5.74, 6) is -9.44. The monoisotopic (exact) mass is 1040 g/mol. The molecular formula is C44H48N10O12S4. The molecule has 2 aliphatic rings. The molecule has 22 nitrogen and oxygen atoms in total. The Balaban J connectivity index is 1.27. The van der Waals surface area contributed by atoms with Crippen molar-refractivity contribution in [3.05, 3.63) is 84.2 Å². The van der Waals surface area contributed by atoms with E-state index in [-0.39, 0.29) is 34.4 Å². The maximum atomic E-state index is 13.9. The first kappa shape index (κ1) is 52.7. The van der Waals surface area contributed by atoms with E-state index < -0.39 is 122 Å². The van der Waals surface area contributed by atoms with Crippen molar-refractivity contribution in [2.45, 2.75) is 36.3 Å². The molecule has 6 atom stereocenters. The number of esters is 2. The summed E-state index contributed by atoms with van der Waals surface area (Å²) in [5, 5.41) is 21.4. The van der Waals surface area contributed by atoms with Gasteiger partial charge in [-0.2, -0.15) is 23.5 Å². The molecule has 0 unspecified atom stereocenters. The van der Waals surface area contributed by atoms with Crippen molar-refractivity contribution in [2.75, 3.05) is 61.8 Å². The van der Waals surface area contributed by atoms with E-state index in [0.29, 0.717) is 11.0 Å². The molecular weight excluding hydrogens is 989 g/mol. The lowest BCUT2D eigenvalue weighted by atomic mass is 10.2. The van der Waals surface area contributed by atoms with Gasteiger partial charge in [-0.3, -0.25) is 38.4 Å². The molecule has 70 heavy (non-hydrogen) atoms. The molecule has 0 saturated carbocycles. The van der Waals surface area contributed by atoms with Gasteiger partial charge in [0.2, 0.25) is 35.4 Å². The van der Waals surface area contributed by atoms with Crippen molar-refractivity contribution in [3.8, 4) is 0 Å². The van der Waals surface area contributed by atoms with Gasteiger partial charge in [-0.15, -0.1) is 0 Å². The highest BCUT2D eigenvalue weighted by Gasteiger charge is 2.34. The topological polar surface area (TPSA) is 311 Å². The van der Waals surface area contributed by atoms with Gasteiger partial charge in [0, 0.05) is 33.8 Å². The molecule has 6 rings (SSSR count). The Bertz CT molecular complexity index is 2470. The Morgan fingerprint density at radius 1 is 0.571 bits per heavy atom. The number of aromatic nitrogens is 2. The number of amides is 8. The minimum atomic E-state index is -1.60. The molecule has 2 aromatic carbocycles. The summed E-state index contributed by atoms with van der Waals surface area (Å²) in [5.41, 5.74) is 0.829. The highest BCUT2D eigenvalue weighted by molar-refractivity contribution is 8.76. The molecule has 8 amide bonds. The van der Waals surface area contributed by atoms with Gasteiger partial charge in [0.25, 0.3) is 11.8 Å². The zero-order valence-corrected chi connectivity index (χ0v) is 40.7. The van der Waals surface area contributed by atoms with E-state index in [1.165, 1.54) is 12.1 Å². The quantitative estimate of drug-likeness (QED) is 0.0781. The fourth-order valence-electron chi connectivity index (χ4n) is 6.63. The number of nitrogens with zero attached hydrogens (tertiary/aromatic N) is 2. The Hall–Kier alpha value is -6.64. The van der Waals surface area contributed by atoms with Gasteiger partial charge in [-0.25, -0.2) is 19.6 Å². The second-order valence-electron chi connectivity index (χ2n) is 15.4. The number of carbonyl (C=O) groups is 10. The van der Waals surface area contributed by atoms with Crippen LogP contribution in [0.15, 0.2) is 72.8 Å². The average molecular weight is 1040 g/mol. The van der Waals surface area contributed by atoms with Crippen LogP contribution in [0.1, 0.15) is 21.0 Å². The van der Waals surface area contributed by atoms with E-state index in [9.17, 15) is 47.9 Å². The van der Waals surface area contributed by atoms with Gasteiger partial charge >= 0.3 is 11.9 Å². The predicted molar refractivity (Wildman–Crippen MR) is 263 cm³/mol. The van der Waals surface area contributed by atoms with Gasteiger partial charge in [0.15, 0.2) is 0 Å². The maximum Gasteiger partial charge on any atom is 0.329 e. The molecule has 2 saturated heterocycles. The molecule has 0 spiro atoms. The van der Waals surface area contributed by atoms with Crippen LogP contribution in [0.2, 0.25) is 0 Å². The minimum absolute atomic E-state index is 0.0334. The first-order chi connectivity index (χ1) is 33.7. The number of cyclic esters (lactones) is 2. The molecule has 2 aromatic heterocycles. The first-order valence-electron chi connectivity index (χ1n) is 21.4. The average Bonchev–Trinajstić information content (AvgIpc) is 3.36. The Kier molecular flexibility index (Phi) is 19.4. The fraction of sp³-hybridized carbons (Fsp3) is 0.364. The summed E-state index contributed by atoms with van der Waals surface area (Å²) in [6.07, 6.45) is 3.31. The van der Waals surface area contributed by atoms with Crippen LogP contribution >= 0.6 is 45.1 Å². The van der Waals surface area contributed by atoms with Crippen molar-refractivity contribution in [3.63, 3.8) is 0 Å². The Labute approximate surface area is 416 Å². The third-order valence-electron chi connectivity index (χ3n) is 10.3. The van der Waals surface area contributed by atoms with E-state index in [0.717, 1.165) is 55.9 Å². The summed E-state index contributed by atoms with van der Waals surface area (Å²) in [4.78, 5) is 145. The van der Waals surface area contributed by atoms with Gasteiger partial charge < -0.3 is 52.0 Å². The number of hydrogen-bond acceptors (Lipinski definition) is 18. The number of hydrogen-bond donors (Lipinski definition) is 8. The number of para-hydroxylation sites is 2. The Morgan fingerprint density at radius 2 is 0.971 bits per heavy atom. The molecule has 0 aliphatic carbocycles. The van der Waals surface area contributed by atoms with Crippen molar-refractivity contribution < 1.29 is 57.4 Å². The highest BCUT2D eigenvalue weighted by atomic mass is 33.1. The summed E-state index contributed by atoms with van der Waals surface area (Å²) >= 11 is 2.33. The lowest BCUT2D eigenvalue weighted by Gasteiger charge is -2.25. The molecule has 4 heterocycles. The fourth-order valence-corrected chi connectivity index (χ4v) is 10.1. The van der Waals surface area contributed by atoms with E-state index in [4.69, 9.17) is 9.47 Å². The van der Waals surface area contributed by atoms with Crippen molar-refractivity contribution in [2.24, 2.45) is 0 Å². The summed E-state index contributed by atoms with van der Waals surface area (Å²) in [6, 6.07) is 11.5. The number of thioether (sulfide) groups is 2. The number of rotatable bonds is 8. The molecule has 0 radical (unpaired) electrons. The van der Waals surface area contributed by atoms with Crippen LogP contribution in [-0.2, 0) is 47.8 Å². The zero-order valence-electron chi connectivity index (χ0n) is 37.5. The van der Waals surface area contributed by atoms with Gasteiger partial charge in [-0.1, -0.05) is 70.1 Å². The second kappa shape index (κ2) is 25.8. The van der Waals surface area contributed by atoms with Crippen LogP contribution in [0.3, 0.4) is 0 Å². The van der Waals surface area contributed by atoms with Crippen molar-refractivity contribution >= 4 is 126 Å². The van der Waals surface area contributed by atoms with Gasteiger partial charge in [0.1, 0.15) is 60.9 Å². The van der Waals surface area contributed by atoms with Crippen LogP contribution < -0.4 is 42.5 Å². The van der Waals surface area contributed by atoms with E-state index >= 15 is 0 Å². The number of carbonyl (C=O) groups excluding carboxylic acids is 10. The van der Waals surface area contributed by atoms with Crippen LogP contribution in [-0.4, -0.2) is 167 Å². The minimum Gasteiger partial charge on any atom is -0.461 e. The van der Waals surface area contributed by atoms with E-state index in [2.05, 4.69) is 52.5 Å². The lowest BCUT2D eigenvalue weighted by Crippen LogP contribution is -2.58. The normalized spacial score (nSPS) is 22.9. The number of pyridine rings is 2. The number of benzene rings is 2. The molecule has 4 aromatic rings. The first-order valence-corrected chi connectivity index (χ1v) is 26.6. The molecule has 26 heteroatoms.